The van der Waals surface area contributed by atoms with E-state index in [2.05, 4.69) is 5.92 Å². The lowest BCUT2D eigenvalue weighted by molar-refractivity contribution is -0.164. The Morgan fingerprint density at radius 2 is 1.71 bits per heavy atom. The Hall–Kier alpha value is -2.32. The summed E-state index contributed by atoms with van der Waals surface area (Å²) in [7, 11) is 0. The summed E-state index contributed by atoms with van der Waals surface area (Å²) in [4.78, 5) is 26.4. The molecule has 0 saturated carbocycles. The molecule has 0 aliphatic carbocycles. The van der Waals surface area contributed by atoms with Crippen LogP contribution in [-0.4, -0.2) is 42.6 Å². The standard InChI is InChI=1S/C19H25NO4/c1-4-7-11-14-20(15-16-12-9-8-10-13-16)17(18(21)23-5-2)19(22)24-6-3/h1,8-10,12-13,17H,5-7,11,14-15H2,2-3H3. The van der Waals surface area contributed by atoms with Crippen LogP contribution < -0.4 is 0 Å². The van der Waals surface area contributed by atoms with Crippen LogP contribution in [0.15, 0.2) is 30.3 Å². The van der Waals surface area contributed by atoms with E-state index in [9.17, 15) is 9.59 Å². The van der Waals surface area contributed by atoms with Crippen molar-refractivity contribution in [3.63, 3.8) is 0 Å². The third-order valence-electron chi connectivity index (χ3n) is 3.38. The highest BCUT2D eigenvalue weighted by atomic mass is 16.6. The number of esters is 2. The summed E-state index contributed by atoms with van der Waals surface area (Å²) in [6.07, 6.45) is 6.56. The Balaban J connectivity index is 3.00. The summed E-state index contributed by atoms with van der Waals surface area (Å²) < 4.78 is 10.1. The molecule has 0 spiro atoms. The molecule has 0 fully saturated rings. The highest BCUT2D eigenvalue weighted by Gasteiger charge is 2.35. The number of hydrogen-bond acceptors (Lipinski definition) is 5. The highest BCUT2D eigenvalue weighted by Crippen LogP contribution is 2.13. The number of carbonyl (C=O) groups excluding carboxylic acids is 2. The van der Waals surface area contributed by atoms with Gasteiger partial charge < -0.3 is 9.47 Å². The minimum atomic E-state index is -1.08. The van der Waals surface area contributed by atoms with Crippen LogP contribution in [0.4, 0.5) is 0 Å². The van der Waals surface area contributed by atoms with Crippen LogP contribution in [0.25, 0.3) is 0 Å². The van der Waals surface area contributed by atoms with E-state index < -0.39 is 18.0 Å². The van der Waals surface area contributed by atoms with Gasteiger partial charge in [-0.05, 0) is 25.8 Å². The van der Waals surface area contributed by atoms with Crippen LogP contribution in [0.2, 0.25) is 0 Å². The smallest absolute Gasteiger partial charge is 0.335 e. The second kappa shape index (κ2) is 11.3. The van der Waals surface area contributed by atoms with E-state index >= 15 is 0 Å². The number of nitrogens with zero attached hydrogens (tertiary/aromatic N) is 1. The molecule has 0 aromatic heterocycles. The van der Waals surface area contributed by atoms with Gasteiger partial charge in [0.05, 0.1) is 13.2 Å². The van der Waals surface area contributed by atoms with Gasteiger partial charge in [-0.25, -0.2) is 9.59 Å². The highest BCUT2D eigenvalue weighted by molar-refractivity contribution is 5.99. The van der Waals surface area contributed by atoms with Gasteiger partial charge in [0.1, 0.15) is 0 Å². The maximum Gasteiger partial charge on any atom is 0.335 e. The van der Waals surface area contributed by atoms with Crippen molar-refractivity contribution >= 4 is 11.9 Å². The van der Waals surface area contributed by atoms with Crippen LogP contribution >= 0.6 is 0 Å². The molecular formula is C19H25NO4. The molecule has 1 aromatic rings. The van der Waals surface area contributed by atoms with E-state index in [0.29, 0.717) is 25.9 Å². The molecule has 24 heavy (non-hydrogen) atoms. The number of unbranched alkanes of at least 4 members (excludes halogenated alkanes) is 1. The lowest BCUT2D eigenvalue weighted by Crippen LogP contribution is -2.48. The topological polar surface area (TPSA) is 55.8 Å². The van der Waals surface area contributed by atoms with Gasteiger partial charge in [-0.1, -0.05) is 30.3 Å². The predicted octanol–water partition coefficient (Wildman–Crippen LogP) is 2.40. The number of terminal acetylenes is 1. The summed E-state index contributed by atoms with van der Waals surface area (Å²) in [5.74, 6) is 1.40. The Labute approximate surface area is 143 Å². The van der Waals surface area contributed by atoms with Gasteiger partial charge in [-0.15, -0.1) is 12.3 Å². The summed E-state index contributed by atoms with van der Waals surface area (Å²) in [5.41, 5.74) is 0.997. The van der Waals surface area contributed by atoms with E-state index in [1.54, 1.807) is 18.7 Å². The van der Waals surface area contributed by atoms with Crippen molar-refractivity contribution in [1.29, 1.82) is 0 Å². The number of rotatable bonds is 10. The first-order valence-electron chi connectivity index (χ1n) is 8.18. The van der Waals surface area contributed by atoms with Gasteiger partial charge >= 0.3 is 11.9 Å². The molecule has 5 nitrogen and oxygen atoms in total. The van der Waals surface area contributed by atoms with Crippen molar-refractivity contribution in [2.75, 3.05) is 19.8 Å². The van der Waals surface area contributed by atoms with Crippen molar-refractivity contribution < 1.29 is 19.1 Å². The molecule has 0 saturated heterocycles. The van der Waals surface area contributed by atoms with E-state index in [4.69, 9.17) is 15.9 Å². The molecule has 1 rings (SSSR count). The quantitative estimate of drug-likeness (QED) is 0.285. The zero-order valence-corrected chi connectivity index (χ0v) is 14.4. The number of carbonyl (C=O) groups is 2. The first kappa shape index (κ1) is 19.7. The maximum absolute atomic E-state index is 12.3. The van der Waals surface area contributed by atoms with Crippen molar-refractivity contribution in [3.8, 4) is 12.3 Å². The molecule has 1 aromatic carbocycles. The molecule has 0 aliphatic heterocycles. The zero-order valence-electron chi connectivity index (χ0n) is 14.4. The Morgan fingerprint density at radius 3 is 2.21 bits per heavy atom. The zero-order chi connectivity index (χ0) is 17.8. The fourth-order valence-corrected chi connectivity index (χ4v) is 2.34. The van der Waals surface area contributed by atoms with Crippen LogP contribution in [-0.2, 0) is 25.6 Å². The summed E-state index contributed by atoms with van der Waals surface area (Å²) in [6, 6.07) is 8.56. The number of hydrogen-bond donors (Lipinski definition) is 0. The summed E-state index contributed by atoms with van der Waals surface area (Å²) >= 11 is 0. The molecule has 0 aliphatic rings. The molecule has 0 bridgehead atoms. The van der Waals surface area contributed by atoms with Crippen LogP contribution in [0, 0.1) is 12.3 Å². The number of ether oxygens (including phenoxy) is 2. The minimum Gasteiger partial charge on any atom is -0.464 e. The van der Waals surface area contributed by atoms with Crippen molar-refractivity contribution in [3.05, 3.63) is 35.9 Å². The van der Waals surface area contributed by atoms with E-state index in [-0.39, 0.29) is 13.2 Å². The largest absolute Gasteiger partial charge is 0.464 e. The molecule has 0 amide bonds. The first-order chi connectivity index (χ1) is 11.6. The molecule has 5 heteroatoms. The third-order valence-corrected chi connectivity index (χ3v) is 3.38. The van der Waals surface area contributed by atoms with Gasteiger partial charge in [-0.3, -0.25) is 4.90 Å². The summed E-state index contributed by atoms with van der Waals surface area (Å²) in [5, 5.41) is 0. The Morgan fingerprint density at radius 1 is 1.12 bits per heavy atom. The monoisotopic (exact) mass is 331 g/mol. The van der Waals surface area contributed by atoms with E-state index in [1.807, 2.05) is 30.3 Å². The second-order valence-corrected chi connectivity index (χ2v) is 5.17. The van der Waals surface area contributed by atoms with Crippen LogP contribution in [0.3, 0.4) is 0 Å². The third kappa shape index (κ3) is 6.43. The second-order valence-electron chi connectivity index (χ2n) is 5.17. The fourth-order valence-electron chi connectivity index (χ4n) is 2.34. The van der Waals surface area contributed by atoms with Crippen LogP contribution in [0.1, 0.15) is 32.3 Å². The Kier molecular flexibility index (Phi) is 9.25. The first-order valence-corrected chi connectivity index (χ1v) is 8.18. The van der Waals surface area contributed by atoms with Gasteiger partial charge in [-0.2, -0.15) is 0 Å². The van der Waals surface area contributed by atoms with Crippen molar-refractivity contribution in [1.82, 2.24) is 4.90 Å². The van der Waals surface area contributed by atoms with Crippen molar-refractivity contribution in [2.24, 2.45) is 0 Å². The maximum atomic E-state index is 12.3. The fraction of sp³-hybridized carbons (Fsp3) is 0.474. The van der Waals surface area contributed by atoms with E-state index in [1.165, 1.54) is 0 Å². The molecule has 130 valence electrons. The normalized spacial score (nSPS) is 10.5. The lowest BCUT2D eigenvalue weighted by Gasteiger charge is -2.28. The number of benzene rings is 1. The molecule has 0 heterocycles. The van der Waals surface area contributed by atoms with Gasteiger partial charge in [0.15, 0.2) is 0 Å². The Bertz CT molecular complexity index is 532. The van der Waals surface area contributed by atoms with Crippen molar-refractivity contribution in [2.45, 2.75) is 39.3 Å². The molecule has 0 N–H and O–H groups in total. The minimum absolute atomic E-state index is 0.207. The van der Waals surface area contributed by atoms with Crippen LogP contribution in [0.5, 0.6) is 0 Å². The molecule has 0 radical (unpaired) electrons. The van der Waals surface area contributed by atoms with Gasteiger partial charge in [0.2, 0.25) is 6.04 Å². The van der Waals surface area contributed by atoms with E-state index in [0.717, 1.165) is 5.56 Å². The molecular weight excluding hydrogens is 306 g/mol. The average molecular weight is 331 g/mol. The summed E-state index contributed by atoms with van der Waals surface area (Å²) in [6.45, 7) is 4.77. The predicted molar refractivity (Wildman–Crippen MR) is 92.0 cm³/mol. The SMILES string of the molecule is C#CCCCN(Cc1ccccc1)C(C(=O)OCC)C(=O)OCC. The average Bonchev–Trinajstić information content (AvgIpc) is 2.56. The molecule has 0 atom stereocenters. The molecule has 0 unspecified atom stereocenters. The lowest BCUT2D eigenvalue weighted by atomic mass is 10.1. The van der Waals surface area contributed by atoms with Gasteiger partial charge in [0, 0.05) is 19.5 Å². The van der Waals surface area contributed by atoms with Gasteiger partial charge in [0.25, 0.3) is 0 Å².